The van der Waals surface area contributed by atoms with Crippen LogP contribution in [0.25, 0.3) is 23.0 Å². The molecule has 3 heterocycles. The van der Waals surface area contributed by atoms with Gasteiger partial charge in [-0.05, 0) is 30.2 Å². The molecule has 1 atom stereocenters. The lowest BCUT2D eigenvalue weighted by Gasteiger charge is -2.24. The number of hydrogen-bond acceptors (Lipinski definition) is 7. The minimum atomic E-state index is -0.104. The van der Waals surface area contributed by atoms with Crippen molar-refractivity contribution in [3.8, 4) is 28.7 Å². The van der Waals surface area contributed by atoms with E-state index in [4.69, 9.17) is 14.0 Å². The average Bonchev–Trinajstić information content (AvgIpc) is 3.40. The van der Waals surface area contributed by atoms with Crippen LogP contribution < -0.4 is 4.74 Å². The molecule has 0 amide bonds. The molecule has 1 aliphatic heterocycles. The zero-order chi connectivity index (χ0) is 19.8. The molecular weight excluding hydrogens is 370 g/mol. The quantitative estimate of drug-likeness (QED) is 0.527. The molecule has 0 saturated heterocycles. The normalized spacial score (nSPS) is 15.9. The molecule has 0 radical (unpaired) electrons. The Labute approximate surface area is 167 Å². The van der Waals surface area contributed by atoms with Gasteiger partial charge in [0.2, 0.25) is 5.82 Å². The molecule has 0 spiro atoms. The van der Waals surface area contributed by atoms with Gasteiger partial charge in [-0.25, -0.2) is 4.68 Å². The lowest BCUT2D eigenvalue weighted by atomic mass is 10.1. The molecule has 8 heteroatoms. The van der Waals surface area contributed by atoms with E-state index in [1.165, 1.54) is 0 Å². The van der Waals surface area contributed by atoms with Crippen LogP contribution in [-0.4, -0.2) is 32.2 Å². The highest BCUT2D eigenvalue weighted by atomic mass is 16.5. The standard InChI is InChI=1S/C21H19N5O3/c1-13-5-3-4-6-16(13)20-22-21(29-24-20)19-17-12-28-18(11-26(17)25-23-19)14-7-9-15(27-2)10-8-14/h3-10,18H,11-12H2,1-2H3/t18-/m1/s1. The predicted molar refractivity (Wildman–Crippen MR) is 104 cm³/mol. The summed E-state index contributed by atoms with van der Waals surface area (Å²) >= 11 is 0. The van der Waals surface area contributed by atoms with E-state index in [9.17, 15) is 0 Å². The molecule has 1 aliphatic rings. The molecule has 5 rings (SSSR count). The van der Waals surface area contributed by atoms with Crippen molar-refractivity contribution >= 4 is 0 Å². The van der Waals surface area contributed by atoms with Gasteiger partial charge in [-0.1, -0.05) is 46.8 Å². The highest BCUT2D eigenvalue weighted by molar-refractivity contribution is 5.62. The van der Waals surface area contributed by atoms with E-state index in [1.54, 1.807) is 7.11 Å². The predicted octanol–water partition coefficient (Wildman–Crippen LogP) is 3.58. The summed E-state index contributed by atoms with van der Waals surface area (Å²) in [6.45, 7) is 2.94. The molecule has 0 aliphatic carbocycles. The van der Waals surface area contributed by atoms with E-state index in [-0.39, 0.29) is 6.10 Å². The van der Waals surface area contributed by atoms with E-state index in [1.807, 2.05) is 60.1 Å². The molecule has 2 aromatic carbocycles. The second-order valence-corrected chi connectivity index (χ2v) is 6.88. The zero-order valence-electron chi connectivity index (χ0n) is 16.1. The van der Waals surface area contributed by atoms with Crippen LogP contribution in [0.1, 0.15) is 22.9 Å². The van der Waals surface area contributed by atoms with Crippen molar-refractivity contribution in [2.45, 2.75) is 26.2 Å². The van der Waals surface area contributed by atoms with Crippen LogP contribution in [0.2, 0.25) is 0 Å². The molecule has 4 aromatic rings. The van der Waals surface area contributed by atoms with E-state index in [0.717, 1.165) is 28.1 Å². The van der Waals surface area contributed by atoms with Crippen LogP contribution in [0.3, 0.4) is 0 Å². The fraction of sp³-hybridized carbons (Fsp3) is 0.238. The maximum Gasteiger partial charge on any atom is 0.280 e. The lowest BCUT2D eigenvalue weighted by Crippen LogP contribution is -2.22. The van der Waals surface area contributed by atoms with Crippen LogP contribution in [0.4, 0.5) is 0 Å². The molecule has 8 nitrogen and oxygen atoms in total. The number of ether oxygens (including phenoxy) is 2. The average molecular weight is 389 g/mol. The van der Waals surface area contributed by atoms with Crippen LogP contribution in [0.5, 0.6) is 5.75 Å². The third-order valence-corrected chi connectivity index (χ3v) is 5.10. The molecular formula is C21H19N5O3. The summed E-state index contributed by atoms with van der Waals surface area (Å²) in [7, 11) is 1.65. The molecule has 0 saturated carbocycles. The van der Waals surface area contributed by atoms with Gasteiger partial charge >= 0.3 is 0 Å². The van der Waals surface area contributed by atoms with E-state index in [2.05, 4.69) is 20.5 Å². The summed E-state index contributed by atoms with van der Waals surface area (Å²) in [6, 6.07) is 15.8. The first-order valence-electron chi connectivity index (χ1n) is 9.31. The third-order valence-electron chi connectivity index (χ3n) is 5.10. The van der Waals surface area contributed by atoms with Gasteiger partial charge in [-0.3, -0.25) is 0 Å². The number of aryl methyl sites for hydroxylation is 1. The molecule has 0 fully saturated rings. The second kappa shape index (κ2) is 7.14. The van der Waals surface area contributed by atoms with Crippen molar-refractivity contribution in [1.82, 2.24) is 25.1 Å². The maximum absolute atomic E-state index is 6.06. The fourth-order valence-corrected chi connectivity index (χ4v) is 3.45. The van der Waals surface area contributed by atoms with Gasteiger partial charge in [0, 0.05) is 5.56 Å². The van der Waals surface area contributed by atoms with Gasteiger partial charge in [0.15, 0.2) is 5.69 Å². The molecule has 0 N–H and O–H groups in total. The van der Waals surface area contributed by atoms with Crippen LogP contribution >= 0.6 is 0 Å². The van der Waals surface area contributed by atoms with E-state index < -0.39 is 0 Å². The van der Waals surface area contributed by atoms with Gasteiger partial charge in [-0.15, -0.1) is 5.10 Å². The first kappa shape index (κ1) is 17.6. The monoisotopic (exact) mass is 389 g/mol. The molecule has 2 aromatic heterocycles. The lowest BCUT2D eigenvalue weighted by molar-refractivity contribution is -0.00119. The number of benzene rings is 2. The Bertz CT molecular complexity index is 1150. The zero-order valence-corrected chi connectivity index (χ0v) is 16.1. The highest BCUT2D eigenvalue weighted by Gasteiger charge is 2.28. The van der Waals surface area contributed by atoms with Gasteiger partial charge in [-0.2, -0.15) is 4.98 Å². The summed E-state index contributed by atoms with van der Waals surface area (Å²) in [4.78, 5) is 4.53. The van der Waals surface area contributed by atoms with E-state index in [0.29, 0.717) is 30.6 Å². The Kier molecular flexibility index (Phi) is 4.33. The number of nitrogens with zero attached hydrogens (tertiary/aromatic N) is 5. The largest absolute Gasteiger partial charge is 0.497 e. The van der Waals surface area contributed by atoms with Crippen molar-refractivity contribution in [1.29, 1.82) is 0 Å². The number of methoxy groups -OCH3 is 1. The Morgan fingerprint density at radius 1 is 1.10 bits per heavy atom. The summed E-state index contributed by atoms with van der Waals surface area (Å²) in [6.07, 6.45) is -0.104. The minimum absolute atomic E-state index is 0.104. The van der Waals surface area contributed by atoms with Crippen molar-refractivity contribution < 1.29 is 14.0 Å². The van der Waals surface area contributed by atoms with Crippen LogP contribution in [0, 0.1) is 6.92 Å². The van der Waals surface area contributed by atoms with Crippen LogP contribution in [-0.2, 0) is 17.9 Å². The maximum atomic E-state index is 6.06. The van der Waals surface area contributed by atoms with Gasteiger partial charge in [0.05, 0.1) is 26.0 Å². The van der Waals surface area contributed by atoms with Gasteiger partial charge in [0.25, 0.3) is 5.89 Å². The summed E-state index contributed by atoms with van der Waals surface area (Å²) in [5.41, 5.74) is 4.46. The van der Waals surface area contributed by atoms with Crippen molar-refractivity contribution in [3.63, 3.8) is 0 Å². The summed E-state index contributed by atoms with van der Waals surface area (Å²) < 4.78 is 18.6. The smallest absolute Gasteiger partial charge is 0.280 e. The number of hydrogen-bond donors (Lipinski definition) is 0. The third kappa shape index (κ3) is 3.17. The molecule has 0 unspecified atom stereocenters. The number of rotatable bonds is 4. The fourth-order valence-electron chi connectivity index (χ4n) is 3.45. The molecule has 0 bridgehead atoms. The minimum Gasteiger partial charge on any atom is -0.497 e. The van der Waals surface area contributed by atoms with Gasteiger partial charge in [0.1, 0.15) is 11.9 Å². The molecule has 146 valence electrons. The first-order valence-corrected chi connectivity index (χ1v) is 9.31. The number of fused-ring (bicyclic) bond motifs is 1. The van der Waals surface area contributed by atoms with E-state index >= 15 is 0 Å². The van der Waals surface area contributed by atoms with Crippen molar-refractivity contribution in [3.05, 3.63) is 65.4 Å². The highest BCUT2D eigenvalue weighted by Crippen LogP contribution is 2.31. The number of aromatic nitrogens is 5. The Balaban J connectivity index is 1.40. The Morgan fingerprint density at radius 3 is 2.72 bits per heavy atom. The Morgan fingerprint density at radius 2 is 1.93 bits per heavy atom. The SMILES string of the molecule is COc1ccc([C@H]2Cn3nnc(-c4nc(-c5ccccc5C)no4)c3CO2)cc1. The van der Waals surface area contributed by atoms with Gasteiger partial charge < -0.3 is 14.0 Å². The molecule has 29 heavy (non-hydrogen) atoms. The van der Waals surface area contributed by atoms with Crippen molar-refractivity contribution in [2.75, 3.05) is 7.11 Å². The van der Waals surface area contributed by atoms with Crippen LogP contribution in [0.15, 0.2) is 53.1 Å². The van der Waals surface area contributed by atoms with Crippen molar-refractivity contribution in [2.24, 2.45) is 0 Å². The topological polar surface area (TPSA) is 88.1 Å². The summed E-state index contributed by atoms with van der Waals surface area (Å²) in [5, 5.41) is 12.7. The second-order valence-electron chi connectivity index (χ2n) is 6.88. The first-order chi connectivity index (χ1) is 14.2. The Hall–Kier alpha value is -3.52. The summed E-state index contributed by atoms with van der Waals surface area (Å²) in [5.74, 6) is 1.69.